The molecule has 1 heterocycles. The third-order valence-electron chi connectivity index (χ3n) is 2.94. The van der Waals surface area contributed by atoms with Crippen molar-refractivity contribution in [2.45, 2.75) is 0 Å². The summed E-state index contributed by atoms with van der Waals surface area (Å²) in [4.78, 5) is 11.9. The fraction of sp³-hybridized carbons (Fsp3) is 0.0667. The van der Waals surface area contributed by atoms with E-state index in [0.717, 1.165) is 10.0 Å². The molecular formula is C15H11BrN2O4. The summed E-state index contributed by atoms with van der Waals surface area (Å²) in [5, 5.41) is 13.2. The van der Waals surface area contributed by atoms with Crippen LogP contribution in [0.15, 0.2) is 46.0 Å². The van der Waals surface area contributed by atoms with Crippen molar-refractivity contribution < 1.29 is 19.4 Å². The van der Waals surface area contributed by atoms with Crippen molar-refractivity contribution >= 4 is 28.1 Å². The molecule has 0 saturated carbocycles. The van der Waals surface area contributed by atoms with Crippen LogP contribution in [0.25, 0.3) is 0 Å². The van der Waals surface area contributed by atoms with Crippen LogP contribution in [0.1, 0.15) is 15.9 Å². The van der Waals surface area contributed by atoms with Crippen LogP contribution in [-0.2, 0) is 0 Å². The van der Waals surface area contributed by atoms with Crippen LogP contribution in [-0.4, -0.2) is 24.0 Å². The second kappa shape index (κ2) is 6.07. The third kappa shape index (κ3) is 3.04. The van der Waals surface area contributed by atoms with E-state index < -0.39 is 5.91 Å². The van der Waals surface area contributed by atoms with Gasteiger partial charge in [0.05, 0.1) is 10.7 Å². The Bertz CT molecular complexity index is 761. The maximum atomic E-state index is 11.9. The van der Waals surface area contributed by atoms with Crippen LogP contribution in [0.5, 0.6) is 17.2 Å². The van der Waals surface area contributed by atoms with Gasteiger partial charge in [0.1, 0.15) is 5.75 Å². The summed E-state index contributed by atoms with van der Waals surface area (Å²) in [6, 6.07) is 9.59. The average molecular weight is 363 g/mol. The van der Waals surface area contributed by atoms with Gasteiger partial charge < -0.3 is 14.6 Å². The number of hydrogen-bond donors (Lipinski definition) is 2. The molecule has 0 spiro atoms. The van der Waals surface area contributed by atoms with Gasteiger partial charge in [0.25, 0.3) is 5.91 Å². The monoisotopic (exact) mass is 362 g/mol. The number of phenolic OH excluding ortho intramolecular Hbond substituents is 1. The van der Waals surface area contributed by atoms with Gasteiger partial charge in [0.2, 0.25) is 6.79 Å². The molecule has 0 atom stereocenters. The SMILES string of the molecule is O=C(N/N=C\c1cc(Br)c2c(c1)OCO2)c1cccc(O)c1. The highest BCUT2D eigenvalue weighted by Gasteiger charge is 2.17. The second-order valence-electron chi connectivity index (χ2n) is 4.49. The molecule has 1 amide bonds. The highest BCUT2D eigenvalue weighted by Crippen LogP contribution is 2.39. The number of aromatic hydroxyl groups is 1. The lowest BCUT2D eigenvalue weighted by molar-refractivity contribution is 0.0954. The van der Waals surface area contributed by atoms with Crippen LogP contribution < -0.4 is 14.9 Å². The lowest BCUT2D eigenvalue weighted by atomic mass is 10.2. The molecule has 2 aromatic rings. The molecule has 0 bridgehead atoms. The Morgan fingerprint density at radius 3 is 3.00 bits per heavy atom. The molecule has 3 rings (SSSR count). The van der Waals surface area contributed by atoms with E-state index in [1.54, 1.807) is 24.3 Å². The number of carbonyl (C=O) groups excluding carboxylic acids is 1. The fourth-order valence-corrected chi connectivity index (χ4v) is 2.51. The zero-order valence-electron chi connectivity index (χ0n) is 11.2. The Labute approximate surface area is 134 Å². The quantitative estimate of drug-likeness (QED) is 0.649. The van der Waals surface area contributed by atoms with Gasteiger partial charge in [-0.2, -0.15) is 5.10 Å². The molecule has 0 fully saturated rings. The summed E-state index contributed by atoms with van der Waals surface area (Å²) in [7, 11) is 0. The molecule has 6 nitrogen and oxygen atoms in total. The Morgan fingerprint density at radius 1 is 1.32 bits per heavy atom. The van der Waals surface area contributed by atoms with E-state index in [4.69, 9.17) is 9.47 Å². The summed E-state index contributed by atoms with van der Waals surface area (Å²) in [5.74, 6) is 0.888. The Balaban J connectivity index is 1.70. The van der Waals surface area contributed by atoms with E-state index in [0.29, 0.717) is 17.1 Å². The molecule has 0 unspecified atom stereocenters. The van der Waals surface area contributed by atoms with Crippen molar-refractivity contribution in [3.8, 4) is 17.2 Å². The number of phenols is 1. The van der Waals surface area contributed by atoms with E-state index in [1.807, 2.05) is 0 Å². The Morgan fingerprint density at radius 2 is 2.18 bits per heavy atom. The summed E-state index contributed by atoms with van der Waals surface area (Å²) in [6.45, 7) is 0.183. The minimum absolute atomic E-state index is 0.0244. The number of nitrogens with one attached hydrogen (secondary N) is 1. The molecule has 112 valence electrons. The van der Waals surface area contributed by atoms with Crippen LogP contribution in [0.4, 0.5) is 0 Å². The first kappa shape index (κ1) is 14.4. The highest BCUT2D eigenvalue weighted by molar-refractivity contribution is 9.10. The Hall–Kier alpha value is -2.54. The summed E-state index contributed by atoms with van der Waals surface area (Å²) in [5.41, 5.74) is 3.46. The molecule has 22 heavy (non-hydrogen) atoms. The van der Waals surface area contributed by atoms with Crippen LogP contribution in [0.3, 0.4) is 0 Å². The van der Waals surface area contributed by atoms with Gasteiger partial charge in [0, 0.05) is 5.56 Å². The minimum atomic E-state index is -0.410. The summed E-state index contributed by atoms with van der Waals surface area (Å²) in [6.07, 6.45) is 1.49. The van der Waals surface area contributed by atoms with E-state index >= 15 is 0 Å². The van der Waals surface area contributed by atoms with E-state index in [2.05, 4.69) is 26.5 Å². The number of amides is 1. The zero-order chi connectivity index (χ0) is 15.5. The van der Waals surface area contributed by atoms with Crippen LogP contribution >= 0.6 is 15.9 Å². The molecule has 2 aromatic carbocycles. The lowest BCUT2D eigenvalue weighted by Gasteiger charge is -2.02. The molecule has 2 N–H and O–H groups in total. The van der Waals surface area contributed by atoms with Crippen molar-refractivity contribution in [1.29, 1.82) is 0 Å². The minimum Gasteiger partial charge on any atom is -0.508 e. The van der Waals surface area contributed by atoms with Crippen molar-refractivity contribution in [3.05, 3.63) is 52.0 Å². The third-order valence-corrected chi connectivity index (χ3v) is 3.53. The number of fused-ring (bicyclic) bond motifs is 1. The number of nitrogens with zero attached hydrogens (tertiary/aromatic N) is 1. The average Bonchev–Trinajstić information content (AvgIpc) is 2.96. The molecule has 1 aliphatic rings. The molecular weight excluding hydrogens is 352 g/mol. The number of ether oxygens (including phenoxy) is 2. The largest absolute Gasteiger partial charge is 0.508 e. The lowest BCUT2D eigenvalue weighted by Crippen LogP contribution is -2.17. The van der Waals surface area contributed by atoms with Crippen molar-refractivity contribution in [3.63, 3.8) is 0 Å². The van der Waals surface area contributed by atoms with E-state index in [-0.39, 0.29) is 12.5 Å². The first-order chi connectivity index (χ1) is 10.6. The van der Waals surface area contributed by atoms with Crippen molar-refractivity contribution in [2.24, 2.45) is 5.10 Å². The Kier molecular flexibility index (Phi) is 3.97. The van der Waals surface area contributed by atoms with E-state index in [9.17, 15) is 9.90 Å². The maximum absolute atomic E-state index is 11.9. The number of rotatable bonds is 3. The molecule has 0 radical (unpaired) electrons. The number of hydrazone groups is 1. The van der Waals surface area contributed by atoms with Gasteiger partial charge in [-0.25, -0.2) is 5.43 Å². The molecule has 0 aromatic heterocycles. The molecule has 7 heteroatoms. The van der Waals surface area contributed by atoms with Gasteiger partial charge in [-0.05, 0) is 51.8 Å². The van der Waals surface area contributed by atoms with Crippen LogP contribution in [0.2, 0.25) is 0 Å². The first-order valence-corrected chi connectivity index (χ1v) is 7.14. The second-order valence-corrected chi connectivity index (χ2v) is 5.34. The first-order valence-electron chi connectivity index (χ1n) is 6.35. The smallest absolute Gasteiger partial charge is 0.271 e. The predicted molar refractivity (Wildman–Crippen MR) is 83.4 cm³/mol. The molecule has 0 aliphatic carbocycles. The van der Waals surface area contributed by atoms with Crippen molar-refractivity contribution in [1.82, 2.24) is 5.43 Å². The fourth-order valence-electron chi connectivity index (χ4n) is 1.94. The predicted octanol–water partition coefficient (Wildman–Crippen LogP) is 2.65. The summed E-state index contributed by atoms with van der Waals surface area (Å²) < 4.78 is 11.3. The van der Waals surface area contributed by atoms with Gasteiger partial charge >= 0.3 is 0 Å². The van der Waals surface area contributed by atoms with E-state index in [1.165, 1.54) is 18.3 Å². The van der Waals surface area contributed by atoms with Gasteiger partial charge in [-0.3, -0.25) is 4.79 Å². The summed E-state index contributed by atoms with van der Waals surface area (Å²) >= 11 is 3.38. The number of carbonyl (C=O) groups is 1. The van der Waals surface area contributed by atoms with Gasteiger partial charge in [0.15, 0.2) is 11.5 Å². The van der Waals surface area contributed by atoms with Gasteiger partial charge in [-0.15, -0.1) is 0 Å². The number of benzene rings is 2. The zero-order valence-corrected chi connectivity index (χ0v) is 12.8. The topological polar surface area (TPSA) is 80.2 Å². The van der Waals surface area contributed by atoms with Crippen molar-refractivity contribution in [2.75, 3.05) is 6.79 Å². The molecule has 0 saturated heterocycles. The number of hydrogen-bond acceptors (Lipinski definition) is 5. The number of halogens is 1. The standard InChI is InChI=1S/C15H11BrN2O4/c16-12-4-9(5-13-14(12)22-8-21-13)7-17-18-15(20)10-2-1-3-11(19)6-10/h1-7,19H,8H2,(H,18,20)/b17-7-. The van der Waals surface area contributed by atoms with Gasteiger partial charge in [-0.1, -0.05) is 6.07 Å². The molecule has 1 aliphatic heterocycles. The normalized spacial score (nSPS) is 12.6. The maximum Gasteiger partial charge on any atom is 0.271 e. The van der Waals surface area contributed by atoms with Crippen LogP contribution in [0, 0.1) is 0 Å². The highest BCUT2D eigenvalue weighted by atomic mass is 79.9.